The van der Waals surface area contributed by atoms with Crippen LogP contribution in [-0.4, -0.2) is 62.0 Å². The summed E-state index contributed by atoms with van der Waals surface area (Å²) in [6, 6.07) is 0. The molecule has 0 unspecified atom stereocenters. The van der Waals surface area contributed by atoms with E-state index in [9.17, 15) is 4.79 Å². The fourth-order valence-corrected chi connectivity index (χ4v) is 2.78. The molecule has 0 aliphatic carbocycles. The van der Waals surface area contributed by atoms with Gasteiger partial charge in [0.2, 0.25) is 0 Å². The van der Waals surface area contributed by atoms with Crippen molar-refractivity contribution in [3.05, 3.63) is 15.6 Å². The van der Waals surface area contributed by atoms with Crippen LogP contribution in [0.1, 0.15) is 26.8 Å². The Bertz CT molecular complexity index is 415. The van der Waals surface area contributed by atoms with Crippen LogP contribution in [0.2, 0.25) is 0 Å². The van der Waals surface area contributed by atoms with Crippen molar-refractivity contribution in [3.8, 4) is 0 Å². The number of carbonyl (C=O) groups excluding carboxylic acids is 1. The Morgan fingerprint density at radius 3 is 2.53 bits per heavy atom. The average molecular weight is 284 g/mol. The lowest BCUT2D eigenvalue weighted by Gasteiger charge is -2.09. The first-order valence-corrected chi connectivity index (χ1v) is 7.25. The molecule has 0 aliphatic rings. The quantitative estimate of drug-likeness (QED) is 0.764. The molecule has 0 radical (unpaired) electrons. The Kier molecular flexibility index (Phi) is 6.41. The second kappa shape index (κ2) is 7.57. The molecular weight excluding hydrogens is 260 g/mol. The molecule has 0 aliphatic heterocycles. The van der Waals surface area contributed by atoms with Crippen LogP contribution in [0.4, 0.5) is 0 Å². The number of aryl methyl sites for hydroxylation is 1. The predicted octanol–water partition coefficient (Wildman–Crippen LogP) is 1.19. The Hall–Kier alpha value is -0.980. The van der Waals surface area contributed by atoms with E-state index in [4.69, 9.17) is 0 Å². The molecule has 1 amide bonds. The molecule has 1 rings (SSSR count). The van der Waals surface area contributed by atoms with Gasteiger partial charge in [0.05, 0.1) is 5.69 Å². The molecule has 1 aromatic rings. The summed E-state index contributed by atoms with van der Waals surface area (Å²) in [6.07, 6.45) is 0.959. The van der Waals surface area contributed by atoms with Gasteiger partial charge in [0.15, 0.2) is 0 Å². The fourth-order valence-electron chi connectivity index (χ4n) is 1.68. The van der Waals surface area contributed by atoms with Crippen molar-refractivity contribution < 1.29 is 4.79 Å². The number of carbonyl (C=O) groups is 1. The van der Waals surface area contributed by atoms with Gasteiger partial charge in [0, 0.05) is 13.1 Å². The average Bonchev–Trinajstić information content (AvgIpc) is 2.64. The van der Waals surface area contributed by atoms with E-state index in [-0.39, 0.29) is 5.91 Å². The van der Waals surface area contributed by atoms with Gasteiger partial charge in [0.1, 0.15) is 9.88 Å². The van der Waals surface area contributed by atoms with E-state index in [1.807, 2.05) is 35.1 Å². The number of thiazole rings is 1. The molecular formula is C13H24N4OS. The lowest BCUT2D eigenvalue weighted by molar-refractivity contribution is 0.0955. The molecule has 0 atom stereocenters. The molecule has 5 nitrogen and oxygen atoms in total. The Balaban J connectivity index is 2.50. The van der Waals surface area contributed by atoms with Crippen LogP contribution >= 0.6 is 11.3 Å². The third kappa shape index (κ3) is 5.67. The van der Waals surface area contributed by atoms with E-state index >= 15 is 0 Å². The zero-order chi connectivity index (χ0) is 14.4. The van der Waals surface area contributed by atoms with Gasteiger partial charge >= 0.3 is 0 Å². The topological polar surface area (TPSA) is 48.5 Å². The van der Waals surface area contributed by atoms with E-state index < -0.39 is 0 Å². The lowest BCUT2D eigenvalue weighted by Crippen LogP contribution is -2.26. The molecule has 1 N–H and O–H groups in total. The van der Waals surface area contributed by atoms with E-state index in [0.717, 1.165) is 35.1 Å². The number of hydrogen-bond acceptors (Lipinski definition) is 5. The highest BCUT2D eigenvalue weighted by Crippen LogP contribution is 2.18. The van der Waals surface area contributed by atoms with Crippen LogP contribution in [0.5, 0.6) is 0 Å². The van der Waals surface area contributed by atoms with Crippen molar-refractivity contribution >= 4 is 17.2 Å². The largest absolute Gasteiger partial charge is 0.351 e. The van der Waals surface area contributed by atoms with E-state index in [1.165, 1.54) is 11.3 Å². The van der Waals surface area contributed by atoms with Crippen molar-refractivity contribution in [2.24, 2.45) is 0 Å². The van der Waals surface area contributed by atoms with Crippen molar-refractivity contribution in [2.75, 3.05) is 41.3 Å². The summed E-state index contributed by atoms with van der Waals surface area (Å²) in [4.78, 5) is 21.4. The molecule has 0 aromatic carbocycles. The van der Waals surface area contributed by atoms with Crippen LogP contribution in [0, 0.1) is 6.92 Å². The first-order chi connectivity index (χ1) is 8.90. The molecule has 0 bridgehead atoms. The highest BCUT2D eigenvalue weighted by atomic mass is 32.1. The SMILES string of the molecule is Cc1nc(CN(C)C)sc1C(=O)NCCCN(C)C. The molecule has 1 heterocycles. The van der Waals surface area contributed by atoms with Crippen LogP contribution in [0.3, 0.4) is 0 Å². The normalized spacial score (nSPS) is 11.3. The van der Waals surface area contributed by atoms with Gasteiger partial charge in [-0.05, 0) is 48.1 Å². The van der Waals surface area contributed by atoms with Crippen molar-refractivity contribution in [1.29, 1.82) is 0 Å². The van der Waals surface area contributed by atoms with Crippen molar-refractivity contribution in [2.45, 2.75) is 19.9 Å². The minimum atomic E-state index is -0.00115. The van der Waals surface area contributed by atoms with Crippen LogP contribution < -0.4 is 5.32 Å². The van der Waals surface area contributed by atoms with Crippen LogP contribution in [0.15, 0.2) is 0 Å². The molecule has 19 heavy (non-hydrogen) atoms. The van der Waals surface area contributed by atoms with Gasteiger partial charge in [-0.3, -0.25) is 4.79 Å². The predicted molar refractivity (Wildman–Crippen MR) is 79.7 cm³/mol. The number of nitrogens with zero attached hydrogens (tertiary/aromatic N) is 3. The van der Waals surface area contributed by atoms with E-state index in [1.54, 1.807) is 0 Å². The summed E-state index contributed by atoms with van der Waals surface area (Å²) >= 11 is 1.49. The highest BCUT2D eigenvalue weighted by molar-refractivity contribution is 7.13. The maximum absolute atomic E-state index is 12.0. The molecule has 0 saturated carbocycles. The van der Waals surface area contributed by atoms with Crippen molar-refractivity contribution in [1.82, 2.24) is 20.1 Å². The summed E-state index contributed by atoms with van der Waals surface area (Å²) in [6.45, 7) is 4.36. The second-order valence-corrected chi connectivity index (χ2v) is 6.26. The summed E-state index contributed by atoms with van der Waals surface area (Å²) in [5, 5.41) is 3.94. The molecule has 108 valence electrons. The van der Waals surface area contributed by atoms with Gasteiger partial charge in [-0.1, -0.05) is 0 Å². The number of amides is 1. The molecule has 0 fully saturated rings. The number of nitrogens with one attached hydrogen (secondary N) is 1. The number of aromatic nitrogens is 1. The third-order valence-electron chi connectivity index (χ3n) is 2.57. The maximum atomic E-state index is 12.0. The maximum Gasteiger partial charge on any atom is 0.263 e. The zero-order valence-corrected chi connectivity index (χ0v) is 13.3. The highest BCUT2D eigenvalue weighted by Gasteiger charge is 2.15. The lowest BCUT2D eigenvalue weighted by atomic mass is 10.3. The standard InChI is InChI=1S/C13H24N4OS/c1-10-12(19-11(15-10)9-17(4)5)13(18)14-7-6-8-16(2)3/h6-9H2,1-5H3,(H,14,18). The monoisotopic (exact) mass is 284 g/mol. The number of hydrogen-bond donors (Lipinski definition) is 1. The summed E-state index contributed by atoms with van der Waals surface area (Å²) < 4.78 is 0. The third-order valence-corrected chi connectivity index (χ3v) is 3.71. The second-order valence-electron chi connectivity index (χ2n) is 5.17. The summed E-state index contributed by atoms with van der Waals surface area (Å²) in [7, 11) is 8.06. The Morgan fingerprint density at radius 1 is 1.26 bits per heavy atom. The van der Waals surface area contributed by atoms with E-state index in [0.29, 0.717) is 6.54 Å². The summed E-state index contributed by atoms with van der Waals surface area (Å²) in [5.41, 5.74) is 0.826. The molecule has 6 heteroatoms. The molecule has 0 saturated heterocycles. The Morgan fingerprint density at radius 2 is 1.95 bits per heavy atom. The Labute approximate surface area is 119 Å². The minimum Gasteiger partial charge on any atom is -0.351 e. The molecule has 1 aromatic heterocycles. The summed E-state index contributed by atoms with van der Waals surface area (Å²) in [5.74, 6) is -0.00115. The van der Waals surface area contributed by atoms with Gasteiger partial charge in [-0.15, -0.1) is 11.3 Å². The van der Waals surface area contributed by atoms with Gasteiger partial charge in [-0.25, -0.2) is 4.98 Å². The van der Waals surface area contributed by atoms with Gasteiger partial charge in [-0.2, -0.15) is 0 Å². The first-order valence-electron chi connectivity index (χ1n) is 6.44. The van der Waals surface area contributed by atoms with Crippen molar-refractivity contribution in [3.63, 3.8) is 0 Å². The van der Waals surface area contributed by atoms with Crippen LogP contribution in [-0.2, 0) is 6.54 Å². The molecule has 0 spiro atoms. The van der Waals surface area contributed by atoms with Gasteiger partial charge < -0.3 is 15.1 Å². The number of rotatable bonds is 7. The first kappa shape index (κ1) is 16.1. The minimum absolute atomic E-state index is 0.00115. The van der Waals surface area contributed by atoms with Crippen LogP contribution in [0.25, 0.3) is 0 Å². The zero-order valence-electron chi connectivity index (χ0n) is 12.5. The van der Waals surface area contributed by atoms with Gasteiger partial charge in [0.25, 0.3) is 5.91 Å². The van der Waals surface area contributed by atoms with E-state index in [2.05, 4.69) is 20.1 Å². The fraction of sp³-hybridized carbons (Fsp3) is 0.692. The smallest absolute Gasteiger partial charge is 0.263 e.